The van der Waals surface area contributed by atoms with E-state index in [9.17, 15) is 13.2 Å². The maximum atomic E-state index is 13.0. The van der Waals surface area contributed by atoms with Crippen molar-refractivity contribution in [2.75, 3.05) is 7.11 Å². The van der Waals surface area contributed by atoms with Gasteiger partial charge < -0.3 is 14.6 Å². The zero-order chi connectivity index (χ0) is 23.5. The van der Waals surface area contributed by atoms with E-state index in [-0.39, 0.29) is 14.9 Å². The van der Waals surface area contributed by atoms with E-state index in [1.807, 2.05) is 6.07 Å². The second-order valence-electron chi connectivity index (χ2n) is 7.03. The van der Waals surface area contributed by atoms with Crippen molar-refractivity contribution in [3.05, 3.63) is 76.3 Å². The molecule has 1 aromatic heterocycles. The van der Waals surface area contributed by atoms with Gasteiger partial charge in [-0.1, -0.05) is 35.3 Å². The number of ether oxygens (including phenoxy) is 1. The van der Waals surface area contributed by atoms with E-state index in [4.69, 9.17) is 27.9 Å². The molecule has 0 radical (unpaired) electrons. The molecule has 32 heavy (non-hydrogen) atoms. The summed E-state index contributed by atoms with van der Waals surface area (Å²) in [5.41, 5.74) is 0.728. The predicted molar refractivity (Wildman–Crippen MR) is 122 cm³/mol. The highest BCUT2D eigenvalue weighted by Gasteiger charge is 2.27. The molecule has 0 fully saturated rings. The number of carbonyl (C=O) groups is 1. The minimum atomic E-state index is -4.01. The van der Waals surface area contributed by atoms with Crippen LogP contribution in [0.5, 0.6) is 5.75 Å². The monoisotopic (exact) mass is 496 g/mol. The number of hydrogen-bond acceptors (Lipinski definition) is 5. The summed E-state index contributed by atoms with van der Waals surface area (Å²) in [6, 6.07) is 9.40. The number of sulfonamides is 1. The lowest BCUT2D eigenvalue weighted by molar-refractivity contribution is -0.122. The molecule has 0 aliphatic carbocycles. The second-order valence-corrected chi connectivity index (χ2v) is 9.56. The predicted octanol–water partition coefficient (Wildman–Crippen LogP) is 3.31. The summed E-state index contributed by atoms with van der Waals surface area (Å²) in [5, 5.41) is 3.20. The summed E-state index contributed by atoms with van der Waals surface area (Å²) in [6.07, 6.45) is 3.37. The number of rotatable bonds is 8. The topological polar surface area (TPSA) is 102 Å². The van der Waals surface area contributed by atoms with Gasteiger partial charge in [0.05, 0.1) is 28.1 Å². The largest absolute Gasteiger partial charge is 0.497 e. The Morgan fingerprint density at radius 3 is 2.53 bits per heavy atom. The Kier molecular flexibility index (Phi) is 7.45. The third-order valence-corrected chi connectivity index (χ3v) is 7.03. The Morgan fingerprint density at radius 2 is 1.91 bits per heavy atom. The minimum absolute atomic E-state index is 0.0968. The van der Waals surface area contributed by atoms with Crippen LogP contribution < -0.4 is 14.8 Å². The summed E-state index contributed by atoms with van der Waals surface area (Å²) in [7, 11) is -0.659. The number of methoxy groups -OCH3 is 1. The summed E-state index contributed by atoms with van der Waals surface area (Å²) < 4.78 is 34.8. The molecule has 0 saturated carbocycles. The zero-order valence-electron chi connectivity index (χ0n) is 17.5. The molecular weight excluding hydrogens is 475 g/mol. The summed E-state index contributed by atoms with van der Waals surface area (Å²) in [4.78, 5) is 17.2. The van der Waals surface area contributed by atoms with Crippen molar-refractivity contribution in [2.45, 2.75) is 23.9 Å². The highest BCUT2D eigenvalue weighted by molar-refractivity contribution is 7.89. The Hall–Kier alpha value is -2.59. The third kappa shape index (κ3) is 5.42. The molecule has 2 N–H and O–H groups in total. The first-order valence-electron chi connectivity index (χ1n) is 9.51. The molecule has 3 aromatic rings. The Labute approximate surface area is 196 Å². The molecule has 0 unspecified atom stereocenters. The lowest BCUT2D eigenvalue weighted by Crippen LogP contribution is -2.46. The molecule has 0 aliphatic heterocycles. The van der Waals surface area contributed by atoms with E-state index in [1.54, 1.807) is 49.3 Å². The van der Waals surface area contributed by atoms with E-state index in [1.165, 1.54) is 25.1 Å². The molecule has 3 rings (SSSR count). The van der Waals surface area contributed by atoms with Gasteiger partial charge in [0.2, 0.25) is 15.9 Å². The van der Waals surface area contributed by atoms with Crippen LogP contribution in [0.25, 0.3) is 0 Å². The molecule has 1 heterocycles. The average molecular weight is 497 g/mol. The van der Waals surface area contributed by atoms with Gasteiger partial charge in [-0.3, -0.25) is 4.79 Å². The van der Waals surface area contributed by atoms with Crippen LogP contribution in [0.4, 0.5) is 0 Å². The highest BCUT2D eigenvalue weighted by Crippen LogP contribution is 2.26. The number of aryl methyl sites for hydroxylation is 1. The number of nitrogens with one attached hydrogen (secondary N) is 2. The Balaban J connectivity index is 1.84. The first kappa shape index (κ1) is 24.1. The fraction of sp³-hybridized carbons (Fsp3) is 0.238. The summed E-state index contributed by atoms with van der Waals surface area (Å²) in [5.74, 6) is 0.653. The van der Waals surface area contributed by atoms with E-state index in [0.29, 0.717) is 11.6 Å². The SMILES string of the molecule is COc1cccc([C@H](NC(=O)[C@H](C)NS(=O)(=O)c2ccc(Cl)c(Cl)c2)c2nccn2C)c1. The van der Waals surface area contributed by atoms with Crippen LogP contribution >= 0.6 is 23.2 Å². The van der Waals surface area contributed by atoms with Gasteiger partial charge in [0.15, 0.2) is 0 Å². The number of benzene rings is 2. The van der Waals surface area contributed by atoms with Crippen LogP contribution in [0, 0.1) is 0 Å². The minimum Gasteiger partial charge on any atom is -0.497 e. The van der Waals surface area contributed by atoms with Crippen LogP contribution in [0.1, 0.15) is 24.4 Å². The van der Waals surface area contributed by atoms with Crippen molar-refractivity contribution in [3.63, 3.8) is 0 Å². The molecule has 8 nitrogen and oxygen atoms in total. The zero-order valence-corrected chi connectivity index (χ0v) is 19.9. The van der Waals surface area contributed by atoms with Gasteiger partial charge in [0.1, 0.15) is 17.6 Å². The standard InChI is InChI=1S/C21H22Cl2N4O4S/c1-13(26-32(29,30)16-7-8-17(22)18(23)12-16)21(28)25-19(20-24-9-10-27(20)2)14-5-4-6-15(11-14)31-3/h4-13,19,26H,1-3H3,(H,25,28)/t13-,19-/m0/s1. The number of hydrogen-bond donors (Lipinski definition) is 2. The maximum absolute atomic E-state index is 13.0. The summed E-state index contributed by atoms with van der Waals surface area (Å²) in [6.45, 7) is 1.45. The number of aromatic nitrogens is 2. The molecular formula is C21H22Cl2N4O4S. The maximum Gasteiger partial charge on any atom is 0.241 e. The number of carbonyl (C=O) groups excluding carboxylic acids is 1. The normalized spacial score (nSPS) is 13.4. The number of nitrogens with zero attached hydrogens (tertiary/aromatic N) is 2. The average Bonchev–Trinajstić information content (AvgIpc) is 3.18. The fourth-order valence-corrected chi connectivity index (χ4v) is 4.63. The van der Waals surface area contributed by atoms with Gasteiger partial charge in [0.25, 0.3) is 0 Å². The van der Waals surface area contributed by atoms with Crippen LogP contribution in [0.3, 0.4) is 0 Å². The van der Waals surface area contributed by atoms with Crippen molar-refractivity contribution < 1.29 is 17.9 Å². The van der Waals surface area contributed by atoms with Gasteiger partial charge in [-0.2, -0.15) is 4.72 Å². The van der Waals surface area contributed by atoms with E-state index in [0.717, 1.165) is 5.56 Å². The quantitative estimate of drug-likeness (QED) is 0.497. The van der Waals surface area contributed by atoms with Crippen molar-refractivity contribution in [1.29, 1.82) is 0 Å². The molecule has 0 aliphatic rings. The fourth-order valence-electron chi connectivity index (χ4n) is 3.04. The van der Waals surface area contributed by atoms with Crippen LogP contribution in [0.2, 0.25) is 10.0 Å². The molecule has 1 amide bonds. The molecule has 2 atom stereocenters. The van der Waals surface area contributed by atoms with Crippen LogP contribution in [0.15, 0.2) is 59.8 Å². The molecule has 2 aromatic carbocycles. The van der Waals surface area contributed by atoms with E-state index >= 15 is 0 Å². The lowest BCUT2D eigenvalue weighted by atomic mass is 10.1. The van der Waals surface area contributed by atoms with Gasteiger partial charge in [0, 0.05) is 19.4 Å². The molecule has 0 spiro atoms. The van der Waals surface area contributed by atoms with Gasteiger partial charge in [-0.15, -0.1) is 0 Å². The Morgan fingerprint density at radius 1 is 1.16 bits per heavy atom. The molecule has 0 saturated heterocycles. The van der Waals surface area contributed by atoms with E-state index < -0.39 is 28.0 Å². The second kappa shape index (κ2) is 9.91. The van der Waals surface area contributed by atoms with Gasteiger partial charge in [-0.05, 0) is 42.8 Å². The van der Waals surface area contributed by atoms with Gasteiger partial charge in [-0.25, -0.2) is 13.4 Å². The Bertz CT molecular complexity index is 1230. The van der Waals surface area contributed by atoms with Crippen molar-refractivity contribution in [2.24, 2.45) is 7.05 Å². The molecule has 11 heteroatoms. The van der Waals surface area contributed by atoms with E-state index in [2.05, 4.69) is 15.0 Å². The van der Waals surface area contributed by atoms with Crippen molar-refractivity contribution in [3.8, 4) is 5.75 Å². The number of halogens is 2. The number of imidazole rings is 1. The van der Waals surface area contributed by atoms with Crippen LogP contribution in [-0.4, -0.2) is 37.0 Å². The highest BCUT2D eigenvalue weighted by atomic mass is 35.5. The smallest absolute Gasteiger partial charge is 0.241 e. The van der Waals surface area contributed by atoms with Crippen LogP contribution in [-0.2, 0) is 21.9 Å². The third-order valence-electron chi connectivity index (χ3n) is 4.76. The molecule has 170 valence electrons. The lowest BCUT2D eigenvalue weighted by Gasteiger charge is -2.22. The number of amides is 1. The summed E-state index contributed by atoms with van der Waals surface area (Å²) >= 11 is 11.8. The molecule has 0 bridgehead atoms. The van der Waals surface area contributed by atoms with Crippen molar-refractivity contribution in [1.82, 2.24) is 19.6 Å². The first-order valence-corrected chi connectivity index (χ1v) is 11.7. The first-order chi connectivity index (χ1) is 15.1. The van der Waals surface area contributed by atoms with Gasteiger partial charge >= 0.3 is 0 Å². The van der Waals surface area contributed by atoms with Crippen molar-refractivity contribution >= 4 is 39.1 Å².